The van der Waals surface area contributed by atoms with Gasteiger partial charge < -0.3 is 5.73 Å². The Labute approximate surface area is 125 Å². The number of nitrogen functional groups attached to an aromatic ring is 1. The van der Waals surface area contributed by atoms with E-state index in [1.165, 1.54) is 22.6 Å². The Bertz CT molecular complexity index is 656. The van der Waals surface area contributed by atoms with Crippen molar-refractivity contribution in [3.05, 3.63) is 18.3 Å². The Hall–Kier alpha value is -1.23. The van der Waals surface area contributed by atoms with Gasteiger partial charge in [0.25, 0.3) is 0 Å². The van der Waals surface area contributed by atoms with Crippen LogP contribution in [0.15, 0.2) is 23.2 Å². The third-order valence-electron chi connectivity index (χ3n) is 2.77. The van der Waals surface area contributed by atoms with Crippen LogP contribution >= 0.6 is 0 Å². The van der Waals surface area contributed by atoms with Crippen molar-refractivity contribution in [2.24, 2.45) is 0 Å². The Morgan fingerprint density at radius 1 is 1.29 bits per heavy atom. The van der Waals surface area contributed by atoms with Gasteiger partial charge in [-0.05, 0) is 18.6 Å². The Kier molecular flexibility index (Phi) is 6.08. The maximum absolute atomic E-state index is 11.9. The van der Waals surface area contributed by atoms with Crippen LogP contribution in [0, 0.1) is 0 Å². The molecule has 0 spiro atoms. The summed E-state index contributed by atoms with van der Waals surface area (Å²) in [4.78, 5) is 3.74. The second-order valence-corrected chi connectivity index (χ2v) is 8.17. The van der Waals surface area contributed by atoms with E-state index in [1.54, 1.807) is 6.92 Å². The number of pyridine rings is 1. The first-order chi connectivity index (χ1) is 9.66. The van der Waals surface area contributed by atoms with Gasteiger partial charge in [0.1, 0.15) is 10.7 Å². The van der Waals surface area contributed by atoms with Gasteiger partial charge in [-0.2, -0.15) is 0 Å². The maximum Gasteiger partial charge on any atom is 0.242 e. The quantitative estimate of drug-likeness (QED) is 0.624. The molecule has 0 aliphatic heterocycles. The van der Waals surface area contributed by atoms with E-state index in [0.717, 1.165) is 6.26 Å². The molecule has 1 aromatic rings. The molecule has 0 aliphatic rings. The van der Waals surface area contributed by atoms with Crippen LogP contribution in [-0.4, -0.2) is 52.0 Å². The number of anilines is 1. The van der Waals surface area contributed by atoms with Gasteiger partial charge >= 0.3 is 0 Å². The zero-order valence-corrected chi connectivity index (χ0v) is 13.6. The Balaban J connectivity index is 2.54. The van der Waals surface area contributed by atoms with E-state index in [4.69, 9.17) is 5.73 Å². The highest BCUT2D eigenvalue weighted by Gasteiger charge is 2.16. The summed E-state index contributed by atoms with van der Waals surface area (Å²) in [5, 5.41) is 0. The number of hydrogen-bond acceptors (Lipinski definition) is 6. The second-order valence-electron chi connectivity index (χ2n) is 4.42. The van der Waals surface area contributed by atoms with Crippen LogP contribution in [-0.2, 0) is 20.0 Å². The van der Waals surface area contributed by atoms with Crippen LogP contribution in [0.1, 0.15) is 13.3 Å². The van der Waals surface area contributed by atoms with E-state index in [1.807, 2.05) is 0 Å². The van der Waals surface area contributed by atoms with Gasteiger partial charge in [0.2, 0.25) is 20.0 Å². The van der Waals surface area contributed by atoms with Crippen molar-refractivity contribution in [3.8, 4) is 0 Å². The highest BCUT2D eigenvalue weighted by molar-refractivity contribution is 7.89. The van der Waals surface area contributed by atoms with E-state index in [-0.39, 0.29) is 23.8 Å². The molecule has 0 aliphatic carbocycles. The van der Waals surface area contributed by atoms with Crippen molar-refractivity contribution < 1.29 is 16.8 Å². The molecule has 0 fully saturated rings. The number of hydrogen-bond donors (Lipinski definition) is 2. The summed E-state index contributed by atoms with van der Waals surface area (Å²) in [5.41, 5.74) is 5.39. The average Bonchev–Trinajstić information content (AvgIpc) is 2.37. The minimum Gasteiger partial charge on any atom is -0.384 e. The molecule has 0 aromatic carbocycles. The van der Waals surface area contributed by atoms with Gasteiger partial charge in [-0.3, -0.25) is 0 Å². The molecule has 1 aromatic heterocycles. The fourth-order valence-corrected chi connectivity index (χ4v) is 3.60. The lowest BCUT2D eigenvalue weighted by atomic mass is 10.4. The molecule has 0 amide bonds. The lowest BCUT2D eigenvalue weighted by Gasteiger charge is -2.17. The molecule has 21 heavy (non-hydrogen) atoms. The number of sulfonamides is 2. The van der Waals surface area contributed by atoms with Crippen LogP contribution in [0.3, 0.4) is 0 Å². The van der Waals surface area contributed by atoms with Crippen LogP contribution in [0.5, 0.6) is 0 Å². The second kappa shape index (κ2) is 7.16. The van der Waals surface area contributed by atoms with Crippen LogP contribution in [0.25, 0.3) is 0 Å². The number of nitrogens with one attached hydrogen (secondary N) is 1. The van der Waals surface area contributed by atoms with Gasteiger partial charge in [0, 0.05) is 25.8 Å². The van der Waals surface area contributed by atoms with Crippen molar-refractivity contribution in [1.29, 1.82) is 0 Å². The van der Waals surface area contributed by atoms with Crippen molar-refractivity contribution in [2.75, 3.05) is 31.6 Å². The zero-order chi connectivity index (χ0) is 16.1. The fraction of sp³-hybridized carbons (Fsp3) is 0.545. The lowest BCUT2D eigenvalue weighted by molar-refractivity contribution is 0.424. The van der Waals surface area contributed by atoms with Crippen molar-refractivity contribution >= 4 is 25.9 Å². The molecule has 1 heterocycles. The van der Waals surface area contributed by atoms with E-state index in [0.29, 0.717) is 13.0 Å². The molecule has 1 rings (SSSR count). The minimum absolute atomic E-state index is 0.0205. The van der Waals surface area contributed by atoms with Crippen LogP contribution in [0.4, 0.5) is 5.82 Å². The van der Waals surface area contributed by atoms with Crippen LogP contribution in [0.2, 0.25) is 0 Å². The summed E-state index contributed by atoms with van der Waals surface area (Å²) < 4.78 is 50.3. The lowest BCUT2D eigenvalue weighted by Crippen LogP contribution is -2.33. The van der Waals surface area contributed by atoms with Crippen molar-refractivity contribution in [2.45, 2.75) is 18.2 Å². The van der Waals surface area contributed by atoms with E-state index in [9.17, 15) is 16.8 Å². The highest BCUT2D eigenvalue weighted by Crippen LogP contribution is 2.08. The smallest absolute Gasteiger partial charge is 0.242 e. The van der Waals surface area contributed by atoms with Gasteiger partial charge in [-0.25, -0.2) is 30.8 Å². The standard InChI is InChI=1S/C11H20N4O4S2/c1-3-15(20(2,16)17)8-4-7-14-21(18,19)10-5-6-11(12)13-9-10/h5-6,9,14H,3-4,7-8H2,1-2H3,(H2,12,13). The zero-order valence-electron chi connectivity index (χ0n) is 12.0. The molecular weight excluding hydrogens is 316 g/mol. The van der Waals surface area contributed by atoms with E-state index >= 15 is 0 Å². The van der Waals surface area contributed by atoms with Gasteiger partial charge in [-0.1, -0.05) is 6.92 Å². The summed E-state index contributed by atoms with van der Waals surface area (Å²) in [6, 6.07) is 2.76. The number of nitrogens with two attached hydrogens (primary N) is 1. The first-order valence-electron chi connectivity index (χ1n) is 6.33. The molecule has 0 radical (unpaired) electrons. The molecule has 0 atom stereocenters. The third-order valence-corrected chi connectivity index (χ3v) is 5.59. The molecule has 10 heteroatoms. The molecule has 120 valence electrons. The summed E-state index contributed by atoms with van der Waals surface area (Å²) in [6.07, 6.45) is 2.68. The average molecular weight is 336 g/mol. The summed E-state index contributed by atoms with van der Waals surface area (Å²) in [5.74, 6) is 0.237. The minimum atomic E-state index is -3.65. The Morgan fingerprint density at radius 3 is 2.43 bits per heavy atom. The molecule has 0 bridgehead atoms. The monoisotopic (exact) mass is 336 g/mol. The van der Waals surface area contributed by atoms with Crippen LogP contribution < -0.4 is 10.5 Å². The third kappa shape index (κ3) is 5.58. The SMILES string of the molecule is CCN(CCCNS(=O)(=O)c1ccc(N)nc1)S(C)(=O)=O. The fourth-order valence-electron chi connectivity index (χ4n) is 1.65. The van der Waals surface area contributed by atoms with Crippen molar-refractivity contribution in [1.82, 2.24) is 14.0 Å². The summed E-state index contributed by atoms with van der Waals surface area (Å²) in [7, 11) is -6.91. The first kappa shape index (κ1) is 17.8. The predicted octanol–water partition coefficient (Wildman–Crippen LogP) is -0.386. The van der Waals surface area contributed by atoms with E-state index in [2.05, 4.69) is 9.71 Å². The summed E-state index contributed by atoms with van der Waals surface area (Å²) >= 11 is 0. The first-order valence-corrected chi connectivity index (χ1v) is 9.66. The normalized spacial score (nSPS) is 12.7. The molecule has 0 unspecified atom stereocenters. The van der Waals surface area contributed by atoms with E-state index < -0.39 is 20.0 Å². The number of aromatic nitrogens is 1. The molecule has 0 saturated carbocycles. The number of rotatable bonds is 8. The maximum atomic E-state index is 11.9. The highest BCUT2D eigenvalue weighted by atomic mass is 32.2. The Morgan fingerprint density at radius 2 is 1.95 bits per heavy atom. The van der Waals surface area contributed by atoms with Crippen molar-refractivity contribution in [3.63, 3.8) is 0 Å². The van der Waals surface area contributed by atoms with Gasteiger partial charge in [0.05, 0.1) is 6.26 Å². The molecule has 0 saturated heterocycles. The largest absolute Gasteiger partial charge is 0.384 e. The molecule has 8 nitrogen and oxygen atoms in total. The van der Waals surface area contributed by atoms with Gasteiger partial charge in [-0.15, -0.1) is 0 Å². The van der Waals surface area contributed by atoms with Gasteiger partial charge in [0.15, 0.2) is 0 Å². The summed E-state index contributed by atoms with van der Waals surface area (Å²) in [6.45, 7) is 2.48. The predicted molar refractivity (Wildman–Crippen MR) is 80.5 cm³/mol. The topological polar surface area (TPSA) is 122 Å². The molecule has 3 N–H and O–H groups in total. The number of nitrogens with zero attached hydrogens (tertiary/aromatic N) is 2. The molecular formula is C11H20N4O4S2.